The lowest BCUT2D eigenvalue weighted by Crippen LogP contribution is -1.99. The van der Waals surface area contributed by atoms with E-state index < -0.39 is 0 Å². The first-order chi connectivity index (χ1) is 35.8. The Morgan fingerprint density at radius 2 is 0.583 bits per heavy atom. The van der Waals surface area contributed by atoms with Gasteiger partial charge in [-0.25, -0.2) is 0 Å². The zero-order valence-corrected chi connectivity index (χ0v) is 39.2. The van der Waals surface area contributed by atoms with Crippen LogP contribution in [0.1, 0.15) is 0 Å². The average Bonchev–Trinajstić information content (AvgIpc) is 4.00. The van der Waals surface area contributed by atoms with Gasteiger partial charge in [0.1, 0.15) is 11.2 Å². The Kier molecular flexibility index (Phi) is 8.99. The van der Waals surface area contributed by atoms with Crippen LogP contribution in [-0.4, -0.2) is 4.57 Å². The Hall–Kier alpha value is -9.50. The lowest BCUT2D eigenvalue weighted by atomic mass is 9.84. The molecule has 0 saturated carbocycles. The van der Waals surface area contributed by atoms with Gasteiger partial charge in [-0.15, -0.1) is 0 Å². The van der Waals surface area contributed by atoms with E-state index in [1.165, 1.54) is 115 Å². The third-order valence-corrected chi connectivity index (χ3v) is 15.2. The van der Waals surface area contributed by atoms with Gasteiger partial charge in [-0.1, -0.05) is 224 Å². The van der Waals surface area contributed by atoms with E-state index in [4.69, 9.17) is 4.42 Å². The SMILES string of the molecule is c1ccc(-c2ccc3c(c2)c2cc(-c4ccccc4)ccc2n3-c2c3ccccc3c(-c3cccc4oc5cccc(-c6c7ccccc7c(-c7ccccc7)c7ccccc67)c5c34)c3ccccc23)cc1. The highest BCUT2D eigenvalue weighted by molar-refractivity contribution is 6.30. The van der Waals surface area contributed by atoms with Crippen LogP contribution in [-0.2, 0) is 0 Å². The maximum Gasteiger partial charge on any atom is 0.136 e. The molecule has 15 rings (SSSR count). The van der Waals surface area contributed by atoms with Crippen molar-refractivity contribution in [2.45, 2.75) is 0 Å². The van der Waals surface area contributed by atoms with Gasteiger partial charge >= 0.3 is 0 Å². The summed E-state index contributed by atoms with van der Waals surface area (Å²) in [6.45, 7) is 0. The first-order valence-electron chi connectivity index (χ1n) is 24.8. The standard InChI is InChI=1S/C70H43NO/c1-4-20-44(21-5-1)47-38-40-61-59(42-47)60-43-48(45-22-6-2-7-23-45)39-41-62(60)71(61)70-55-32-16-14-30-53(55)67(54-31-15-17-33-56(54)70)58-35-19-37-64-69(58)68-57(34-18-36-63(68)72-64)66-51-28-12-10-26-49(51)65(46-24-8-3-9-25-46)50-27-11-13-29-52(50)66/h1-43H. The molecule has 334 valence electrons. The molecule has 13 aromatic carbocycles. The average molecular weight is 914 g/mol. The predicted octanol–water partition coefficient (Wildman–Crippen LogP) is 19.6. The monoisotopic (exact) mass is 913 g/mol. The van der Waals surface area contributed by atoms with Crippen LogP contribution in [0.5, 0.6) is 0 Å². The fourth-order valence-electron chi connectivity index (χ4n) is 12.1. The Bertz CT molecular complexity index is 4450. The number of nitrogens with zero attached hydrogens (tertiary/aromatic N) is 1. The van der Waals surface area contributed by atoms with Crippen molar-refractivity contribution in [3.8, 4) is 61.3 Å². The van der Waals surface area contributed by atoms with E-state index in [-0.39, 0.29) is 0 Å². The molecule has 0 fully saturated rings. The highest BCUT2D eigenvalue weighted by Crippen LogP contribution is 2.51. The largest absolute Gasteiger partial charge is 0.456 e. The molecule has 0 aliphatic rings. The zero-order valence-electron chi connectivity index (χ0n) is 39.2. The molecule has 0 saturated heterocycles. The van der Waals surface area contributed by atoms with Crippen LogP contribution in [0.15, 0.2) is 265 Å². The number of aromatic nitrogens is 1. The molecular formula is C70H43NO. The van der Waals surface area contributed by atoms with E-state index in [1.807, 2.05) is 0 Å². The molecular weight excluding hydrogens is 871 g/mol. The fraction of sp³-hybridized carbons (Fsp3) is 0. The van der Waals surface area contributed by atoms with Gasteiger partial charge in [0.25, 0.3) is 0 Å². The first kappa shape index (κ1) is 40.4. The van der Waals surface area contributed by atoms with E-state index in [0.29, 0.717) is 0 Å². The quantitative estimate of drug-likeness (QED) is 0.152. The van der Waals surface area contributed by atoms with E-state index in [9.17, 15) is 0 Å². The second-order valence-corrected chi connectivity index (χ2v) is 19.0. The van der Waals surface area contributed by atoms with Crippen molar-refractivity contribution in [1.82, 2.24) is 4.57 Å². The summed E-state index contributed by atoms with van der Waals surface area (Å²) in [5.41, 5.74) is 17.2. The molecule has 72 heavy (non-hydrogen) atoms. The van der Waals surface area contributed by atoms with Crippen molar-refractivity contribution in [2.75, 3.05) is 0 Å². The maximum absolute atomic E-state index is 6.98. The summed E-state index contributed by atoms with van der Waals surface area (Å²) >= 11 is 0. The molecule has 2 heteroatoms. The van der Waals surface area contributed by atoms with Gasteiger partial charge in [0, 0.05) is 32.3 Å². The second kappa shape index (κ2) is 16.0. The molecule has 0 amide bonds. The number of fused-ring (bicyclic) bond motifs is 10. The Morgan fingerprint density at radius 1 is 0.236 bits per heavy atom. The Morgan fingerprint density at radius 3 is 1.00 bits per heavy atom. The third-order valence-electron chi connectivity index (χ3n) is 15.2. The summed E-state index contributed by atoms with van der Waals surface area (Å²) in [6, 6.07) is 95.4. The summed E-state index contributed by atoms with van der Waals surface area (Å²) in [7, 11) is 0. The lowest BCUT2D eigenvalue weighted by molar-refractivity contribution is 0.669. The summed E-state index contributed by atoms with van der Waals surface area (Å²) in [6.07, 6.45) is 0. The van der Waals surface area contributed by atoms with Gasteiger partial charge in [-0.2, -0.15) is 0 Å². The van der Waals surface area contributed by atoms with Crippen LogP contribution in [0, 0.1) is 0 Å². The summed E-state index contributed by atoms with van der Waals surface area (Å²) in [5, 5.41) is 14.3. The van der Waals surface area contributed by atoms with Crippen LogP contribution in [0.25, 0.3) is 148 Å². The van der Waals surface area contributed by atoms with E-state index in [1.54, 1.807) is 0 Å². The smallest absolute Gasteiger partial charge is 0.136 e. The predicted molar refractivity (Wildman–Crippen MR) is 305 cm³/mol. The van der Waals surface area contributed by atoms with E-state index in [0.717, 1.165) is 33.1 Å². The molecule has 0 bridgehead atoms. The maximum atomic E-state index is 6.98. The van der Waals surface area contributed by atoms with Crippen molar-refractivity contribution >= 4 is 86.8 Å². The topological polar surface area (TPSA) is 18.1 Å². The molecule has 2 aromatic heterocycles. The number of benzene rings is 13. The minimum atomic E-state index is 0.868. The van der Waals surface area contributed by atoms with Crippen molar-refractivity contribution < 1.29 is 4.42 Å². The molecule has 0 aliphatic carbocycles. The molecule has 2 nitrogen and oxygen atoms in total. The fourth-order valence-corrected chi connectivity index (χ4v) is 12.1. The second-order valence-electron chi connectivity index (χ2n) is 19.0. The third kappa shape index (κ3) is 6.03. The number of furan rings is 1. The van der Waals surface area contributed by atoms with E-state index in [2.05, 4.69) is 265 Å². The van der Waals surface area contributed by atoms with Gasteiger partial charge in [0.2, 0.25) is 0 Å². The van der Waals surface area contributed by atoms with Gasteiger partial charge in [0.15, 0.2) is 0 Å². The van der Waals surface area contributed by atoms with Gasteiger partial charge < -0.3 is 8.98 Å². The molecule has 0 N–H and O–H groups in total. The molecule has 0 spiro atoms. The minimum absolute atomic E-state index is 0.868. The van der Waals surface area contributed by atoms with Gasteiger partial charge in [-0.05, 0) is 124 Å². The lowest BCUT2D eigenvalue weighted by Gasteiger charge is -2.20. The van der Waals surface area contributed by atoms with Gasteiger partial charge in [0.05, 0.1) is 16.7 Å². The molecule has 0 aliphatic heterocycles. The zero-order chi connectivity index (χ0) is 47.3. The number of rotatable bonds is 6. The van der Waals surface area contributed by atoms with Crippen LogP contribution in [0.2, 0.25) is 0 Å². The number of hydrogen-bond donors (Lipinski definition) is 0. The summed E-state index contributed by atoms with van der Waals surface area (Å²) < 4.78 is 9.51. The Labute approximate surface area is 415 Å². The van der Waals surface area contributed by atoms with Crippen molar-refractivity contribution in [3.05, 3.63) is 261 Å². The van der Waals surface area contributed by atoms with Crippen LogP contribution in [0.4, 0.5) is 0 Å². The summed E-state index contributed by atoms with van der Waals surface area (Å²) in [5.74, 6) is 0. The van der Waals surface area contributed by atoms with Crippen molar-refractivity contribution in [3.63, 3.8) is 0 Å². The van der Waals surface area contributed by atoms with Crippen LogP contribution in [0.3, 0.4) is 0 Å². The minimum Gasteiger partial charge on any atom is -0.456 e. The first-order valence-corrected chi connectivity index (χ1v) is 24.8. The Balaban J connectivity index is 1.03. The van der Waals surface area contributed by atoms with Gasteiger partial charge in [-0.3, -0.25) is 0 Å². The van der Waals surface area contributed by atoms with Crippen molar-refractivity contribution in [2.24, 2.45) is 0 Å². The summed E-state index contributed by atoms with van der Waals surface area (Å²) in [4.78, 5) is 0. The molecule has 2 heterocycles. The van der Waals surface area contributed by atoms with Crippen molar-refractivity contribution in [1.29, 1.82) is 0 Å². The molecule has 0 atom stereocenters. The van der Waals surface area contributed by atoms with Crippen LogP contribution >= 0.6 is 0 Å². The van der Waals surface area contributed by atoms with E-state index >= 15 is 0 Å². The molecule has 0 radical (unpaired) electrons. The molecule has 15 aromatic rings. The highest BCUT2D eigenvalue weighted by Gasteiger charge is 2.26. The van der Waals surface area contributed by atoms with Crippen LogP contribution < -0.4 is 0 Å². The molecule has 0 unspecified atom stereocenters. The normalized spacial score (nSPS) is 11.9. The number of hydrogen-bond acceptors (Lipinski definition) is 1. The highest BCUT2D eigenvalue weighted by atomic mass is 16.3.